The summed E-state index contributed by atoms with van der Waals surface area (Å²) in [5, 5.41) is 9.10. The molecule has 0 aromatic carbocycles. The topological polar surface area (TPSA) is 84.5 Å². The van der Waals surface area contributed by atoms with Crippen molar-refractivity contribution in [1.29, 1.82) is 0 Å². The van der Waals surface area contributed by atoms with Crippen molar-refractivity contribution in [1.82, 2.24) is 9.97 Å². The molecule has 1 fully saturated rings. The van der Waals surface area contributed by atoms with Gasteiger partial charge in [0.05, 0.1) is 19.3 Å². The molecule has 0 saturated carbocycles. The Morgan fingerprint density at radius 2 is 2.35 bits per heavy atom. The second-order valence-corrected chi connectivity index (χ2v) is 4.15. The first kappa shape index (κ1) is 12.2. The molecule has 1 atom stereocenters. The van der Waals surface area contributed by atoms with Gasteiger partial charge in [-0.05, 0) is 0 Å². The van der Waals surface area contributed by atoms with Gasteiger partial charge in [0.15, 0.2) is 5.82 Å². The minimum atomic E-state index is -0.204. The lowest BCUT2D eigenvalue weighted by Gasteiger charge is -2.33. The first-order valence-corrected chi connectivity index (χ1v) is 5.71. The van der Waals surface area contributed by atoms with E-state index < -0.39 is 0 Å². The largest absolute Gasteiger partial charge is 0.394 e. The Kier molecular flexibility index (Phi) is 3.82. The molecule has 0 aliphatic carbocycles. The number of rotatable bonds is 3. The fourth-order valence-corrected chi connectivity index (χ4v) is 1.90. The minimum Gasteiger partial charge on any atom is -0.394 e. The van der Waals surface area contributed by atoms with E-state index in [-0.39, 0.29) is 17.7 Å². The Balaban J connectivity index is 2.24. The Morgan fingerprint density at radius 3 is 3.06 bits per heavy atom. The van der Waals surface area contributed by atoms with Gasteiger partial charge in [-0.25, -0.2) is 9.97 Å². The van der Waals surface area contributed by atoms with Crippen LogP contribution in [0.25, 0.3) is 0 Å². The molecule has 1 aliphatic rings. The highest BCUT2D eigenvalue weighted by Gasteiger charge is 2.23. The van der Waals surface area contributed by atoms with Crippen LogP contribution in [0.1, 0.15) is 5.69 Å². The van der Waals surface area contributed by atoms with Gasteiger partial charge in [-0.3, -0.25) is 0 Å². The normalized spacial score (nSPS) is 20.3. The molecule has 1 aromatic rings. The maximum absolute atomic E-state index is 9.10. The van der Waals surface area contributed by atoms with E-state index in [2.05, 4.69) is 9.97 Å². The molecule has 6 nitrogen and oxygen atoms in total. The summed E-state index contributed by atoms with van der Waals surface area (Å²) in [4.78, 5) is 10.6. The average Bonchev–Trinajstić information content (AvgIpc) is 2.39. The summed E-state index contributed by atoms with van der Waals surface area (Å²) in [6, 6.07) is 0. The van der Waals surface area contributed by atoms with Gasteiger partial charge in [0.25, 0.3) is 0 Å². The highest BCUT2D eigenvalue weighted by Crippen LogP contribution is 2.18. The third-order valence-corrected chi connectivity index (χ3v) is 2.75. The van der Waals surface area contributed by atoms with Crippen molar-refractivity contribution in [3.63, 3.8) is 0 Å². The van der Waals surface area contributed by atoms with Gasteiger partial charge in [-0.1, -0.05) is 12.2 Å². The van der Waals surface area contributed by atoms with Crippen molar-refractivity contribution in [3.8, 4) is 0 Å². The zero-order valence-electron chi connectivity index (χ0n) is 9.24. The van der Waals surface area contributed by atoms with Crippen LogP contribution < -0.4 is 10.6 Å². The fourth-order valence-electron chi connectivity index (χ4n) is 1.76. The highest BCUT2D eigenvalue weighted by atomic mass is 32.1. The van der Waals surface area contributed by atoms with E-state index in [1.54, 1.807) is 12.4 Å². The highest BCUT2D eigenvalue weighted by molar-refractivity contribution is 7.80. The molecule has 1 aliphatic heterocycles. The standard InChI is InChI=1S/C10H14N4O2S/c11-9(17)8-10(13-2-1-12-8)14-3-4-16-7(5-14)6-15/h1-2,7,15H,3-6H2,(H2,11,17). The zero-order chi connectivity index (χ0) is 12.3. The molecule has 0 spiro atoms. The number of aliphatic hydroxyl groups excluding tert-OH is 1. The molecule has 1 unspecified atom stereocenters. The number of aliphatic hydroxyl groups is 1. The van der Waals surface area contributed by atoms with Crippen molar-refractivity contribution in [2.45, 2.75) is 6.10 Å². The molecule has 0 radical (unpaired) electrons. The molecule has 7 heteroatoms. The molecule has 1 aromatic heterocycles. The van der Waals surface area contributed by atoms with E-state index in [0.717, 1.165) is 0 Å². The molecule has 2 heterocycles. The number of morpholine rings is 1. The zero-order valence-corrected chi connectivity index (χ0v) is 10.1. The van der Waals surface area contributed by atoms with E-state index in [1.807, 2.05) is 4.90 Å². The Bertz CT molecular complexity index is 415. The SMILES string of the molecule is NC(=S)c1nccnc1N1CCOC(CO)C1. The van der Waals surface area contributed by atoms with Gasteiger partial charge in [0.1, 0.15) is 10.7 Å². The summed E-state index contributed by atoms with van der Waals surface area (Å²) in [5.41, 5.74) is 6.12. The monoisotopic (exact) mass is 254 g/mol. The molecular formula is C10H14N4O2S. The third kappa shape index (κ3) is 2.68. The van der Waals surface area contributed by atoms with Crippen LogP contribution in [0.5, 0.6) is 0 Å². The second-order valence-electron chi connectivity index (χ2n) is 3.71. The number of ether oxygens (including phenoxy) is 1. The summed E-state index contributed by atoms with van der Waals surface area (Å²) in [5.74, 6) is 0.654. The van der Waals surface area contributed by atoms with Crippen LogP contribution in [0.15, 0.2) is 12.4 Å². The predicted molar refractivity (Wildman–Crippen MR) is 67.0 cm³/mol. The fraction of sp³-hybridized carbons (Fsp3) is 0.500. The van der Waals surface area contributed by atoms with Crippen molar-refractivity contribution < 1.29 is 9.84 Å². The van der Waals surface area contributed by atoms with E-state index in [1.165, 1.54) is 0 Å². The first-order valence-electron chi connectivity index (χ1n) is 5.30. The van der Waals surface area contributed by atoms with Gasteiger partial charge in [-0.15, -0.1) is 0 Å². The van der Waals surface area contributed by atoms with Gasteiger partial charge in [-0.2, -0.15) is 0 Å². The van der Waals surface area contributed by atoms with E-state index >= 15 is 0 Å². The van der Waals surface area contributed by atoms with Crippen molar-refractivity contribution in [2.75, 3.05) is 31.2 Å². The Labute approximate surface area is 104 Å². The summed E-state index contributed by atoms with van der Waals surface area (Å²) < 4.78 is 5.38. The number of thiocarbonyl (C=S) groups is 1. The van der Waals surface area contributed by atoms with E-state index in [9.17, 15) is 0 Å². The van der Waals surface area contributed by atoms with Crippen LogP contribution in [-0.2, 0) is 4.74 Å². The van der Waals surface area contributed by atoms with Crippen LogP contribution in [0, 0.1) is 0 Å². The van der Waals surface area contributed by atoms with E-state index in [0.29, 0.717) is 31.2 Å². The molecule has 2 rings (SSSR count). The van der Waals surface area contributed by atoms with Gasteiger partial charge < -0.3 is 20.5 Å². The predicted octanol–water partition coefficient (Wildman–Crippen LogP) is -0.692. The average molecular weight is 254 g/mol. The number of nitrogens with two attached hydrogens (primary N) is 1. The smallest absolute Gasteiger partial charge is 0.157 e. The van der Waals surface area contributed by atoms with Crippen LogP contribution in [0.4, 0.5) is 5.82 Å². The Morgan fingerprint density at radius 1 is 1.59 bits per heavy atom. The van der Waals surface area contributed by atoms with Crippen LogP contribution in [0.2, 0.25) is 0 Å². The lowest BCUT2D eigenvalue weighted by Crippen LogP contribution is -2.45. The molecule has 17 heavy (non-hydrogen) atoms. The quantitative estimate of drug-likeness (QED) is 0.690. The van der Waals surface area contributed by atoms with E-state index in [4.69, 9.17) is 27.8 Å². The van der Waals surface area contributed by atoms with Crippen molar-refractivity contribution in [3.05, 3.63) is 18.1 Å². The molecule has 0 bridgehead atoms. The molecule has 3 N–H and O–H groups in total. The number of anilines is 1. The van der Waals surface area contributed by atoms with Crippen LogP contribution in [0.3, 0.4) is 0 Å². The first-order chi connectivity index (χ1) is 8.22. The Hall–Kier alpha value is -1.31. The number of aromatic nitrogens is 2. The lowest BCUT2D eigenvalue weighted by molar-refractivity contribution is 0.00334. The molecule has 92 valence electrons. The number of hydrogen-bond acceptors (Lipinski definition) is 6. The van der Waals surface area contributed by atoms with Crippen molar-refractivity contribution >= 4 is 23.0 Å². The molecule has 1 saturated heterocycles. The summed E-state index contributed by atoms with van der Waals surface area (Å²) in [6.45, 7) is 1.77. The lowest BCUT2D eigenvalue weighted by atomic mass is 10.2. The maximum atomic E-state index is 9.10. The summed E-state index contributed by atoms with van der Waals surface area (Å²) >= 11 is 4.94. The second kappa shape index (κ2) is 5.35. The van der Waals surface area contributed by atoms with Crippen molar-refractivity contribution in [2.24, 2.45) is 5.73 Å². The summed E-state index contributed by atoms with van der Waals surface area (Å²) in [6.07, 6.45) is 2.95. The minimum absolute atomic E-state index is 0.0147. The number of nitrogens with zero attached hydrogens (tertiary/aromatic N) is 3. The van der Waals surface area contributed by atoms with Gasteiger partial charge in [0, 0.05) is 25.5 Å². The maximum Gasteiger partial charge on any atom is 0.157 e. The summed E-state index contributed by atoms with van der Waals surface area (Å²) in [7, 11) is 0. The van der Waals surface area contributed by atoms with Crippen LogP contribution in [-0.4, -0.2) is 52.5 Å². The van der Waals surface area contributed by atoms with Gasteiger partial charge >= 0.3 is 0 Å². The third-order valence-electron chi connectivity index (χ3n) is 2.55. The number of hydrogen-bond donors (Lipinski definition) is 2. The van der Waals surface area contributed by atoms with Crippen LogP contribution >= 0.6 is 12.2 Å². The molecule has 0 amide bonds. The van der Waals surface area contributed by atoms with Gasteiger partial charge in [0.2, 0.25) is 0 Å². The molecular weight excluding hydrogens is 240 g/mol.